The van der Waals surface area contributed by atoms with Gasteiger partial charge in [-0.15, -0.1) is 24.0 Å². The lowest BCUT2D eigenvalue weighted by Crippen LogP contribution is -2.45. The predicted octanol–water partition coefficient (Wildman–Crippen LogP) is 2.15. The molecule has 1 rings (SSSR count). The van der Waals surface area contributed by atoms with Gasteiger partial charge in [0.1, 0.15) is 0 Å². The van der Waals surface area contributed by atoms with Crippen molar-refractivity contribution < 1.29 is 4.79 Å². The van der Waals surface area contributed by atoms with E-state index in [1.807, 2.05) is 18.7 Å². The Kier molecular flexibility index (Phi) is 13.3. The molecular weight excluding hydrogens is 429 g/mol. The van der Waals surface area contributed by atoms with Crippen molar-refractivity contribution in [2.75, 3.05) is 45.8 Å². The number of halogens is 1. The Morgan fingerprint density at radius 2 is 2.00 bits per heavy atom. The summed E-state index contributed by atoms with van der Waals surface area (Å²) >= 11 is 0. The van der Waals surface area contributed by atoms with Crippen LogP contribution in [0.25, 0.3) is 0 Å². The third kappa shape index (κ3) is 9.08. The maximum absolute atomic E-state index is 12.1. The first-order chi connectivity index (χ1) is 11.5. The zero-order valence-electron chi connectivity index (χ0n) is 16.7. The molecular formula is C18H38IN5O. The summed E-state index contributed by atoms with van der Waals surface area (Å²) in [5.41, 5.74) is 0. The molecule has 1 atom stereocenters. The Labute approximate surface area is 171 Å². The van der Waals surface area contributed by atoms with E-state index in [0.717, 1.165) is 58.2 Å². The number of aliphatic imine (C=N–C) groups is 1. The van der Waals surface area contributed by atoms with Crippen LogP contribution >= 0.6 is 24.0 Å². The van der Waals surface area contributed by atoms with E-state index in [2.05, 4.69) is 36.3 Å². The molecule has 1 heterocycles. The van der Waals surface area contributed by atoms with Gasteiger partial charge in [0.15, 0.2) is 5.96 Å². The maximum atomic E-state index is 12.1. The normalized spacial score (nSPS) is 17.8. The van der Waals surface area contributed by atoms with Crippen molar-refractivity contribution in [3.05, 3.63) is 0 Å². The van der Waals surface area contributed by atoms with Crippen molar-refractivity contribution in [1.82, 2.24) is 20.4 Å². The fraction of sp³-hybridized carbons (Fsp3) is 0.889. The monoisotopic (exact) mass is 467 g/mol. The highest BCUT2D eigenvalue weighted by atomic mass is 127. The van der Waals surface area contributed by atoms with E-state index < -0.39 is 0 Å². The minimum absolute atomic E-state index is 0. The molecule has 0 aromatic carbocycles. The van der Waals surface area contributed by atoms with Gasteiger partial charge in [0.2, 0.25) is 5.91 Å². The first kappa shape index (κ1) is 24.4. The highest BCUT2D eigenvalue weighted by Gasteiger charge is 2.27. The quantitative estimate of drug-likeness (QED) is 0.310. The van der Waals surface area contributed by atoms with Crippen LogP contribution < -0.4 is 10.6 Å². The van der Waals surface area contributed by atoms with Crippen molar-refractivity contribution in [3.63, 3.8) is 0 Å². The van der Waals surface area contributed by atoms with Gasteiger partial charge in [0.05, 0.1) is 6.54 Å². The number of nitrogens with zero attached hydrogens (tertiary/aromatic N) is 3. The largest absolute Gasteiger partial charge is 0.357 e. The number of rotatable bonds is 9. The molecule has 0 aromatic heterocycles. The van der Waals surface area contributed by atoms with E-state index in [-0.39, 0.29) is 35.8 Å². The van der Waals surface area contributed by atoms with Crippen LogP contribution in [0.1, 0.15) is 47.5 Å². The zero-order valence-corrected chi connectivity index (χ0v) is 19.0. The van der Waals surface area contributed by atoms with Crippen LogP contribution in [0.4, 0.5) is 0 Å². The first-order valence-corrected chi connectivity index (χ1v) is 9.57. The van der Waals surface area contributed by atoms with Gasteiger partial charge in [-0.2, -0.15) is 0 Å². The minimum atomic E-state index is 0. The Hall–Kier alpha value is -0.570. The number of likely N-dealkylation sites (tertiary alicyclic amines) is 1. The summed E-state index contributed by atoms with van der Waals surface area (Å²) in [5, 5.41) is 6.81. The molecule has 0 radical (unpaired) electrons. The number of likely N-dealkylation sites (N-methyl/N-ethyl adjacent to an activating group) is 1. The molecule has 1 unspecified atom stereocenters. The Balaban J connectivity index is 0.00000576. The number of carbonyl (C=O) groups excluding carboxylic acids is 1. The van der Waals surface area contributed by atoms with Crippen LogP contribution in [0.2, 0.25) is 0 Å². The van der Waals surface area contributed by atoms with Gasteiger partial charge in [-0.25, -0.2) is 0 Å². The third-order valence-corrected chi connectivity index (χ3v) is 4.35. The summed E-state index contributed by atoms with van der Waals surface area (Å²) in [6, 6.07) is 0.295. The molecule has 148 valence electrons. The molecule has 0 aromatic rings. The average molecular weight is 467 g/mol. The molecule has 0 bridgehead atoms. The number of nitrogens with one attached hydrogen (secondary N) is 2. The van der Waals surface area contributed by atoms with Crippen molar-refractivity contribution in [2.24, 2.45) is 10.9 Å². The highest BCUT2D eigenvalue weighted by Crippen LogP contribution is 2.12. The van der Waals surface area contributed by atoms with Crippen LogP contribution in [0.15, 0.2) is 4.99 Å². The molecule has 1 saturated heterocycles. The molecule has 0 saturated carbocycles. The van der Waals surface area contributed by atoms with E-state index in [0.29, 0.717) is 6.04 Å². The van der Waals surface area contributed by atoms with Gasteiger partial charge < -0.3 is 20.4 Å². The zero-order chi connectivity index (χ0) is 17.9. The van der Waals surface area contributed by atoms with E-state index in [1.165, 1.54) is 6.42 Å². The summed E-state index contributed by atoms with van der Waals surface area (Å²) in [6.07, 6.45) is 2.16. The number of hydrogen-bond acceptors (Lipinski definition) is 3. The maximum Gasteiger partial charge on any atom is 0.225 e. The third-order valence-electron chi connectivity index (χ3n) is 4.35. The van der Waals surface area contributed by atoms with E-state index in [9.17, 15) is 4.79 Å². The number of guanidine groups is 1. The molecule has 0 aliphatic carbocycles. The van der Waals surface area contributed by atoms with Crippen LogP contribution in [-0.2, 0) is 4.79 Å². The summed E-state index contributed by atoms with van der Waals surface area (Å²) in [7, 11) is 0. The number of hydrogen-bond donors (Lipinski definition) is 2. The summed E-state index contributed by atoms with van der Waals surface area (Å²) < 4.78 is 0. The van der Waals surface area contributed by atoms with Crippen LogP contribution in [0.3, 0.4) is 0 Å². The van der Waals surface area contributed by atoms with Gasteiger partial charge in [0.25, 0.3) is 0 Å². The predicted molar refractivity (Wildman–Crippen MR) is 117 cm³/mol. The van der Waals surface area contributed by atoms with Crippen molar-refractivity contribution in [3.8, 4) is 0 Å². The number of carbonyl (C=O) groups is 1. The van der Waals surface area contributed by atoms with Gasteiger partial charge in [-0.3, -0.25) is 9.79 Å². The van der Waals surface area contributed by atoms with Gasteiger partial charge in [-0.1, -0.05) is 27.7 Å². The minimum Gasteiger partial charge on any atom is -0.357 e. The molecule has 1 fully saturated rings. The molecule has 1 aliphatic rings. The number of amides is 1. The summed E-state index contributed by atoms with van der Waals surface area (Å²) in [5.74, 6) is 1.19. The molecule has 6 nitrogen and oxygen atoms in total. The SMILES string of the molecule is CCCN(CC)CCN=C(NCC)NC1CCN(C(=O)C(C)C)C1.I. The summed E-state index contributed by atoms with van der Waals surface area (Å²) in [6.45, 7) is 16.9. The summed E-state index contributed by atoms with van der Waals surface area (Å²) in [4.78, 5) is 21.2. The van der Waals surface area contributed by atoms with E-state index in [4.69, 9.17) is 4.99 Å². The highest BCUT2D eigenvalue weighted by molar-refractivity contribution is 14.0. The fourth-order valence-electron chi connectivity index (χ4n) is 3.00. The van der Waals surface area contributed by atoms with Crippen LogP contribution in [-0.4, -0.2) is 73.5 Å². The second-order valence-corrected chi connectivity index (χ2v) is 6.76. The standard InChI is InChI=1S/C18H37N5O.HI/c1-6-11-22(8-3)13-10-20-18(19-7-2)21-16-9-12-23(14-16)17(24)15(4)5;/h15-16H,6-14H2,1-5H3,(H2,19,20,21);1H. The van der Waals surface area contributed by atoms with Gasteiger partial charge in [0, 0.05) is 38.1 Å². The van der Waals surface area contributed by atoms with Crippen molar-refractivity contribution >= 4 is 35.8 Å². The second-order valence-electron chi connectivity index (χ2n) is 6.76. The van der Waals surface area contributed by atoms with Crippen molar-refractivity contribution in [2.45, 2.75) is 53.5 Å². The van der Waals surface area contributed by atoms with Crippen LogP contribution in [0, 0.1) is 5.92 Å². The lowest BCUT2D eigenvalue weighted by molar-refractivity contribution is -0.133. The molecule has 25 heavy (non-hydrogen) atoms. The smallest absolute Gasteiger partial charge is 0.225 e. The van der Waals surface area contributed by atoms with Gasteiger partial charge in [-0.05, 0) is 32.9 Å². The topological polar surface area (TPSA) is 60.0 Å². The molecule has 0 spiro atoms. The van der Waals surface area contributed by atoms with Crippen molar-refractivity contribution in [1.29, 1.82) is 0 Å². The first-order valence-electron chi connectivity index (χ1n) is 9.57. The van der Waals surface area contributed by atoms with Gasteiger partial charge >= 0.3 is 0 Å². The Morgan fingerprint density at radius 1 is 1.28 bits per heavy atom. The van der Waals surface area contributed by atoms with E-state index in [1.54, 1.807) is 0 Å². The Bertz CT molecular complexity index is 403. The van der Waals surface area contributed by atoms with Crippen LogP contribution in [0.5, 0.6) is 0 Å². The Morgan fingerprint density at radius 3 is 2.56 bits per heavy atom. The second kappa shape index (κ2) is 13.6. The molecule has 1 aliphatic heterocycles. The lowest BCUT2D eigenvalue weighted by Gasteiger charge is -2.21. The van der Waals surface area contributed by atoms with E-state index >= 15 is 0 Å². The molecule has 2 N–H and O–H groups in total. The lowest BCUT2D eigenvalue weighted by atomic mass is 10.2. The molecule has 1 amide bonds. The average Bonchev–Trinajstić information content (AvgIpc) is 3.01. The fourth-order valence-corrected chi connectivity index (χ4v) is 3.00. The molecule has 7 heteroatoms.